The molecule has 19 heavy (non-hydrogen) atoms. The number of amides is 1. The average molecular weight is 286 g/mol. The van der Waals surface area contributed by atoms with E-state index in [1.165, 1.54) is 12.1 Å². The Morgan fingerprint density at radius 3 is 2.63 bits per heavy atom. The maximum absolute atomic E-state index is 12.9. The normalized spacial score (nSPS) is 15.6. The Balaban J connectivity index is 2.76. The van der Waals surface area contributed by atoms with Crippen LogP contribution in [0.25, 0.3) is 0 Å². The maximum Gasteiger partial charge on any atom is 0.239 e. The fourth-order valence-electron chi connectivity index (χ4n) is 1.50. The second kappa shape index (κ2) is 6.65. The summed E-state index contributed by atoms with van der Waals surface area (Å²) in [5, 5.41) is 1.88. The van der Waals surface area contributed by atoms with Gasteiger partial charge in [-0.1, -0.05) is 13.8 Å². The van der Waals surface area contributed by atoms with Gasteiger partial charge >= 0.3 is 0 Å². The zero-order valence-corrected chi connectivity index (χ0v) is 12.1. The topological polar surface area (TPSA) is 72.2 Å². The number of carbonyl (C=O) groups excluding carboxylic acids is 1. The van der Waals surface area contributed by atoms with Crippen LogP contribution in [0.15, 0.2) is 18.2 Å². The molecule has 0 bridgehead atoms. The van der Waals surface area contributed by atoms with Crippen LogP contribution in [0.1, 0.15) is 27.2 Å². The number of rotatable bonds is 5. The summed E-state index contributed by atoms with van der Waals surface area (Å²) in [5.41, 5.74) is 6.08. The van der Waals surface area contributed by atoms with Gasteiger partial charge in [0.15, 0.2) is 0 Å². The first-order valence-electron chi connectivity index (χ1n) is 6.12. The number of nitrogen functional groups attached to an aromatic ring is 1. The summed E-state index contributed by atoms with van der Waals surface area (Å²) in [5.74, 6) is -0.844. The van der Waals surface area contributed by atoms with Crippen LogP contribution in [-0.2, 0) is 15.6 Å². The highest BCUT2D eigenvalue weighted by Crippen LogP contribution is 2.20. The highest BCUT2D eigenvalue weighted by Gasteiger charge is 2.24. The molecule has 0 spiro atoms. The van der Waals surface area contributed by atoms with Crippen LogP contribution in [0, 0.1) is 5.82 Å². The van der Waals surface area contributed by atoms with Crippen LogP contribution in [0.3, 0.4) is 0 Å². The van der Waals surface area contributed by atoms with Crippen molar-refractivity contribution in [2.75, 3.05) is 11.1 Å². The summed E-state index contributed by atoms with van der Waals surface area (Å²) in [7, 11) is -1.25. The SMILES string of the molecule is CCC(C)S(=O)C(C)C(=O)Nc1ccc(F)cc1N. The molecule has 0 aliphatic heterocycles. The van der Waals surface area contributed by atoms with Gasteiger partial charge in [0.2, 0.25) is 5.91 Å². The molecule has 1 aromatic rings. The smallest absolute Gasteiger partial charge is 0.239 e. The number of nitrogens with two attached hydrogens (primary N) is 1. The van der Waals surface area contributed by atoms with Crippen molar-refractivity contribution in [1.82, 2.24) is 0 Å². The van der Waals surface area contributed by atoms with Crippen molar-refractivity contribution in [3.63, 3.8) is 0 Å². The van der Waals surface area contributed by atoms with Crippen LogP contribution in [0.2, 0.25) is 0 Å². The predicted molar refractivity (Wildman–Crippen MR) is 76.8 cm³/mol. The molecule has 0 aliphatic carbocycles. The van der Waals surface area contributed by atoms with Gasteiger partial charge in [-0.25, -0.2) is 4.39 Å². The first-order chi connectivity index (χ1) is 8.86. The lowest BCUT2D eigenvalue weighted by molar-refractivity contribution is -0.115. The van der Waals surface area contributed by atoms with Crippen molar-refractivity contribution >= 4 is 28.1 Å². The summed E-state index contributed by atoms with van der Waals surface area (Å²) < 4.78 is 24.9. The first-order valence-corrected chi connectivity index (χ1v) is 7.39. The van der Waals surface area contributed by atoms with E-state index in [0.717, 1.165) is 12.5 Å². The lowest BCUT2D eigenvalue weighted by Gasteiger charge is -2.16. The molecule has 0 aromatic heterocycles. The summed E-state index contributed by atoms with van der Waals surface area (Å²) in [6.45, 7) is 5.37. The molecular weight excluding hydrogens is 267 g/mol. The van der Waals surface area contributed by atoms with E-state index in [9.17, 15) is 13.4 Å². The molecule has 1 amide bonds. The largest absolute Gasteiger partial charge is 0.397 e. The molecule has 0 aliphatic rings. The van der Waals surface area contributed by atoms with Crippen LogP contribution in [-0.4, -0.2) is 20.6 Å². The first kappa shape index (κ1) is 15.6. The molecule has 3 unspecified atom stereocenters. The van der Waals surface area contributed by atoms with E-state index in [1.54, 1.807) is 6.92 Å². The van der Waals surface area contributed by atoms with Gasteiger partial charge in [-0.3, -0.25) is 9.00 Å². The third-order valence-electron chi connectivity index (χ3n) is 2.96. The third-order valence-corrected chi connectivity index (χ3v) is 5.00. The molecule has 0 fully saturated rings. The number of benzene rings is 1. The van der Waals surface area contributed by atoms with Crippen LogP contribution in [0.5, 0.6) is 0 Å². The molecule has 4 nitrogen and oxygen atoms in total. The van der Waals surface area contributed by atoms with Gasteiger partial charge in [0.25, 0.3) is 0 Å². The van der Waals surface area contributed by atoms with Crippen molar-refractivity contribution in [3.8, 4) is 0 Å². The predicted octanol–water partition coefficient (Wildman–Crippen LogP) is 2.28. The molecule has 0 radical (unpaired) electrons. The van der Waals surface area contributed by atoms with Gasteiger partial charge in [-0.05, 0) is 31.5 Å². The zero-order valence-electron chi connectivity index (χ0n) is 11.3. The van der Waals surface area contributed by atoms with Gasteiger partial charge in [-0.2, -0.15) is 0 Å². The zero-order chi connectivity index (χ0) is 14.6. The van der Waals surface area contributed by atoms with Crippen molar-refractivity contribution in [2.45, 2.75) is 37.7 Å². The van der Waals surface area contributed by atoms with E-state index < -0.39 is 21.9 Å². The fourth-order valence-corrected chi connectivity index (χ4v) is 2.80. The Hall–Kier alpha value is -1.43. The van der Waals surface area contributed by atoms with E-state index in [-0.39, 0.29) is 16.8 Å². The number of anilines is 2. The van der Waals surface area contributed by atoms with Gasteiger partial charge in [-0.15, -0.1) is 0 Å². The fraction of sp³-hybridized carbons (Fsp3) is 0.462. The molecule has 3 N–H and O–H groups in total. The Morgan fingerprint density at radius 1 is 1.47 bits per heavy atom. The van der Waals surface area contributed by atoms with Crippen LogP contribution < -0.4 is 11.1 Å². The Kier molecular flexibility index (Phi) is 5.47. The summed E-state index contributed by atoms with van der Waals surface area (Å²) >= 11 is 0. The van der Waals surface area contributed by atoms with Gasteiger partial charge in [0.05, 0.1) is 11.4 Å². The second-order valence-corrected chi connectivity index (χ2v) is 6.58. The molecule has 0 saturated heterocycles. The number of nitrogens with one attached hydrogen (secondary N) is 1. The van der Waals surface area contributed by atoms with Gasteiger partial charge < -0.3 is 11.1 Å². The van der Waals surface area contributed by atoms with E-state index in [2.05, 4.69) is 5.32 Å². The van der Waals surface area contributed by atoms with Crippen molar-refractivity contribution in [1.29, 1.82) is 0 Å². The number of hydrogen-bond donors (Lipinski definition) is 2. The van der Waals surface area contributed by atoms with Crippen molar-refractivity contribution in [2.24, 2.45) is 0 Å². The second-order valence-electron chi connectivity index (χ2n) is 4.41. The molecule has 0 saturated carbocycles. The highest BCUT2D eigenvalue weighted by molar-refractivity contribution is 7.87. The number of hydrogen-bond acceptors (Lipinski definition) is 3. The van der Waals surface area contributed by atoms with Gasteiger partial charge in [0, 0.05) is 16.0 Å². The summed E-state index contributed by atoms with van der Waals surface area (Å²) in [6, 6.07) is 3.73. The molecule has 1 rings (SSSR count). The highest BCUT2D eigenvalue weighted by atomic mass is 32.2. The summed E-state index contributed by atoms with van der Waals surface area (Å²) in [6.07, 6.45) is 0.739. The lowest BCUT2D eigenvalue weighted by Crippen LogP contribution is -2.33. The van der Waals surface area contributed by atoms with E-state index in [1.807, 2.05) is 13.8 Å². The standard InChI is InChI=1S/C13H19FN2O2S/c1-4-8(2)19(18)9(3)13(17)16-12-6-5-10(14)7-11(12)15/h5-9H,4,15H2,1-3H3,(H,16,17). The van der Waals surface area contributed by atoms with E-state index in [4.69, 9.17) is 5.73 Å². The molecule has 106 valence electrons. The average Bonchev–Trinajstić information content (AvgIpc) is 2.39. The van der Waals surface area contributed by atoms with Crippen LogP contribution in [0.4, 0.5) is 15.8 Å². The minimum atomic E-state index is -1.25. The molecule has 1 aromatic carbocycles. The summed E-state index contributed by atoms with van der Waals surface area (Å²) in [4.78, 5) is 12.0. The van der Waals surface area contributed by atoms with Gasteiger partial charge in [0.1, 0.15) is 11.1 Å². The molecular formula is C13H19FN2O2S. The number of carbonyl (C=O) groups is 1. The third kappa shape index (κ3) is 4.02. The minimum Gasteiger partial charge on any atom is -0.397 e. The lowest BCUT2D eigenvalue weighted by atomic mass is 10.2. The molecule has 3 atom stereocenters. The van der Waals surface area contributed by atoms with Crippen molar-refractivity contribution in [3.05, 3.63) is 24.0 Å². The Labute approximate surface area is 115 Å². The van der Waals surface area contributed by atoms with Crippen LogP contribution >= 0.6 is 0 Å². The van der Waals surface area contributed by atoms with E-state index >= 15 is 0 Å². The minimum absolute atomic E-state index is 0.0497. The quantitative estimate of drug-likeness (QED) is 0.816. The Bertz CT molecular complexity index is 494. The molecule has 6 heteroatoms. The maximum atomic E-state index is 12.9. The molecule has 0 heterocycles. The Morgan fingerprint density at radius 2 is 2.11 bits per heavy atom. The van der Waals surface area contributed by atoms with E-state index in [0.29, 0.717) is 5.69 Å². The number of halogens is 1. The monoisotopic (exact) mass is 286 g/mol. The van der Waals surface area contributed by atoms with Crippen molar-refractivity contribution < 1.29 is 13.4 Å².